The van der Waals surface area contributed by atoms with E-state index in [1.165, 1.54) is 18.4 Å². The molecule has 0 heterocycles. The lowest BCUT2D eigenvalue weighted by Crippen LogP contribution is -2.32. The van der Waals surface area contributed by atoms with Gasteiger partial charge in [0.25, 0.3) is 0 Å². The number of hydrogen-bond acceptors (Lipinski definition) is 3. The Morgan fingerprint density at radius 3 is 2.24 bits per heavy atom. The number of likely N-dealkylation sites (N-methyl/N-ethyl adjacent to an activating group) is 1. The number of methoxy groups -OCH3 is 2. The molecule has 94 valence electrons. The van der Waals surface area contributed by atoms with E-state index in [9.17, 15) is 0 Å². The Labute approximate surface area is 103 Å². The van der Waals surface area contributed by atoms with Crippen LogP contribution in [0.2, 0.25) is 0 Å². The highest BCUT2D eigenvalue weighted by atomic mass is 16.5. The van der Waals surface area contributed by atoms with Crippen LogP contribution in [-0.4, -0.2) is 27.4 Å². The van der Waals surface area contributed by atoms with Crippen LogP contribution in [0.25, 0.3) is 0 Å². The molecule has 0 amide bonds. The summed E-state index contributed by atoms with van der Waals surface area (Å²) < 4.78 is 10.8. The van der Waals surface area contributed by atoms with E-state index in [2.05, 4.69) is 17.4 Å². The van der Waals surface area contributed by atoms with Gasteiger partial charge in [0, 0.05) is 7.11 Å². The van der Waals surface area contributed by atoms with Crippen LogP contribution in [0, 0.1) is 5.92 Å². The van der Waals surface area contributed by atoms with Crippen LogP contribution in [-0.2, 0) is 4.74 Å². The monoisotopic (exact) mass is 235 g/mol. The van der Waals surface area contributed by atoms with Crippen molar-refractivity contribution in [3.8, 4) is 5.75 Å². The summed E-state index contributed by atoms with van der Waals surface area (Å²) in [6.07, 6.45) is 2.84. The van der Waals surface area contributed by atoms with Crippen molar-refractivity contribution >= 4 is 0 Å². The predicted molar refractivity (Wildman–Crippen MR) is 68.3 cm³/mol. The highest BCUT2D eigenvalue weighted by Crippen LogP contribution is 2.39. The summed E-state index contributed by atoms with van der Waals surface area (Å²) in [6.45, 7) is 0. The number of ether oxygens (including phenoxy) is 2. The van der Waals surface area contributed by atoms with E-state index < -0.39 is 0 Å². The van der Waals surface area contributed by atoms with Crippen LogP contribution in [0.5, 0.6) is 5.75 Å². The van der Waals surface area contributed by atoms with E-state index in [-0.39, 0.29) is 12.1 Å². The van der Waals surface area contributed by atoms with Gasteiger partial charge in [0.1, 0.15) is 5.75 Å². The normalized spacial score (nSPS) is 18.8. The summed E-state index contributed by atoms with van der Waals surface area (Å²) in [5, 5.41) is 3.36. The molecule has 1 aliphatic carbocycles. The average Bonchev–Trinajstić information content (AvgIpc) is 3.20. The zero-order valence-electron chi connectivity index (χ0n) is 10.8. The van der Waals surface area contributed by atoms with Crippen molar-refractivity contribution in [2.75, 3.05) is 21.3 Å². The topological polar surface area (TPSA) is 30.5 Å². The second-order valence-electron chi connectivity index (χ2n) is 4.58. The number of rotatable bonds is 6. The molecule has 17 heavy (non-hydrogen) atoms. The van der Waals surface area contributed by atoms with Gasteiger partial charge in [-0.2, -0.15) is 0 Å². The molecule has 2 atom stereocenters. The maximum absolute atomic E-state index is 5.64. The van der Waals surface area contributed by atoms with Gasteiger partial charge in [-0.05, 0) is 43.5 Å². The van der Waals surface area contributed by atoms with E-state index in [0.29, 0.717) is 5.92 Å². The predicted octanol–water partition coefficient (Wildman–Crippen LogP) is 2.38. The Hall–Kier alpha value is -1.06. The Bertz CT molecular complexity index is 346. The van der Waals surface area contributed by atoms with Crippen molar-refractivity contribution in [3.63, 3.8) is 0 Å². The first-order valence-electron chi connectivity index (χ1n) is 6.14. The summed E-state index contributed by atoms with van der Waals surface area (Å²) in [5.41, 5.74) is 1.26. The van der Waals surface area contributed by atoms with Gasteiger partial charge in [-0.3, -0.25) is 0 Å². The van der Waals surface area contributed by atoms with Crippen LogP contribution in [0.3, 0.4) is 0 Å². The summed E-state index contributed by atoms with van der Waals surface area (Å²) in [7, 11) is 5.48. The minimum absolute atomic E-state index is 0.262. The Morgan fingerprint density at radius 1 is 1.18 bits per heavy atom. The molecule has 0 aliphatic heterocycles. The van der Waals surface area contributed by atoms with Gasteiger partial charge in [0.05, 0.1) is 19.3 Å². The first-order chi connectivity index (χ1) is 8.30. The van der Waals surface area contributed by atoms with Crippen LogP contribution in [0.4, 0.5) is 0 Å². The van der Waals surface area contributed by atoms with Crippen molar-refractivity contribution < 1.29 is 9.47 Å². The smallest absolute Gasteiger partial charge is 0.118 e. The zero-order chi connectivity index (χ0) is 12.3. The molecule has 1 fully saturated rings. The second-order valence-corrected chi connectivity index (χ2v) is 4.58. The van der Waals surface area contributed by atoms with Crippen molar-refractivity contribution in [2.24, 2.45) is 5.92 Å². The van der Waals surface area contributed by atoms with E-state index >= 15 is 0 Å². The number of benzene rings is 1. The van der Waals surface area contributed by atoms with Crippen LogP contribution < -0.4 is 10.1 Å². The molecule has 1 aromatic rings. The largest absolute Gasteiger partial charge is 0.497 e. The third-order valence-corrected chi connectivity index (χ3v) is 3.47. The molecule has 2 unspecified atom stereocenters. The molecule has 1 aliphatic rings. The molecule has 0 radical (unpaired) electrons. The van der Waals surface area contributed by atoms with Crippen LogP contribution in [0.15, 0.2) is 24.3 Å². The summed E-state index contributed by atoms with van der Waals surface area (Å²) >= 11 is 0. The molecule has 1 saturated carbocycles. The molecule has 1 N–H and O–H groups in total. The molecule has 0 aromatic heterocycles. The molecule has 3 heteroatoms. The molecule has 1 aromatic carbocycles. The van der Waals surface area contributed by atoms with E-state index in [1.807, 2.05) is 19.2 Å². The van der Waals surface area contributed by atoms with Crippen LogP contribution >= 0.6 is 0 Å². The standard InChI is InChI=1S/C14H21NO2/c1-15-13(14(17-3)11-4-5-11)10-6-8-12(16-2)9-7-10/h6-9,11,13-15H,4-5H2,1-3H3. The van der Waals surface area contributed by atoms with E-state index in [0.717, 1.165) is 5.75 Å². The van der Waals surface area contributed by atoms with Gasteiger partial charge < -0.3 is 14.8 Å². The lowest BCUT2D eigenvalue weighted by molar-refractivity contribution is 0.0530. The average molecular weight is 235 g/mol. The van der Waals surface area contributed by atoms with Gasteiger partial charge in [-0.25, -0.2) is 0 Å². The molecule has 3 nitrogen and oxygen atoms in total. The Kier molecular flexibility index (Phi) is 4.02. The molecule has 0 saturated heterocycles. The van der Waals surface area contributed by atoms with Crippen molar-refractivity contribution in [3.05, 3.63) is 29.8 Å². The Morgan fingerprint density at radius 2 is 1.82 bits per heavy atom. The highest BCUT2D eigenvalue weighted by Gasteiger charge is 2.36. The van der Waals surface area contributed by atoms with Crippen molar-refractivity contribution in [1.82, 2.24) is 5.32 Å². The molecule has 2 rings (SSSR count). The molecule has 0 spiro atoms. The zero-order valence-corrected chi connectivity index (χ0v) is 10.8. The lowest BCUT2D eigenvalue weighted by atomic mass is 9.98. The minimum Gasteiger partial charge on any atom is -0.497 e. The van der Waals surface area contributed by atoms with Gasteiger partial charge in [0.2, 0.25) is 0 Å². The van der Waals surface area contributed by atoms with E-state index in [1.54, 1.807) is 14.2 Å². The second kappa shape index (κ2) is 5.52. The quantitative estimate of drug-likeness (QED) is 0.821. The maximum Gasteiger partial charge on any atom is 0.118 e. The third kappa shape index (κ3) is 2.79. The SMILES string of the molecule is CNC(c1ccc(OC)cc1)C(OC)C1CC1. The molecule has 0 bridgehead atoms. The van der Waals surface area contributed by atoms with Crippen molar-refractivity contribution in [1.29, 1.82) is 0 Å². The van der Waals surface area contributed by atoms with Gasteiger partial charge in [-0.15, -0.1) is 0 Å². The minimum atomic E-state index is 0.262. The fraction of sp³-hybridized carbons (Fsp3) is 0.571. The van der Waals surface area contributed by atoms with Gasteiger partial charge in [-0.1, -0.05) is 12.1 Å². The van der Waals surface area contributed by atoms with Gasteiger partial charge in [0.15, 0.2) is 0 Å². The molecular weight excluding hydrogens is 214 g/mol. The first kappa shape index (κ1) is 12.4. The number of hydrogen-bond donors (Lipinski definition) is 1. The molecular formula is C14H21NO2. The fourth-order valence-electron chi connectivity index (χ4n) is 2.36. The fourth-order valence-corrected chi connectivity index (χ4v) is 2.36. The maximum atomic E-state index is 5.64. The summed E-state index contributed by atoms with van der Waals surface area (Å²) in [4.78, 5) is 0. The number of nitrogens with one attached hydrogen (secondary N) is 1. The highest BCUT2D eigenvalue weighted by molar-refractivity contribution is 5.30. The summed E-state index contributed by atoms with van der Waals surface area (Å²) in [6, 6.07) is 8.47. The third-order valence-electron chi connectivity index (χ3n) is 3.47. The summed E-state index contributed by atoms with van der Waals surface area (Å²) in [5.74, 6) is 1.60. The van der Waals surface area contributed by atoms with Crippen LogP contribution in [0.1, 0.15) is 24.4 Å². The lowest BCUT2D eigenvalue weighted by Gasteiger charge is -2.26. The first-order valence-corrected chi connectivity index (χ1v) is 6.14. The van der Waals surface area contributed by atoms with Gasteiger partial charge >= 0.3 is 0 Å². The Balaban J connectivity index is 2.14. The van der Waals surface area contributed by atoms with E-state index in [4.69, 9.17) is 9.47 Å². The van der Waals surface area contributed by atoms with Crippen molar-refractivity contribution in [2.45, 2.75) is 25.0 Å².